The quantitative estimate of drug-likeness (QED) is 0.795. The third kappa shape index (κ3) is 3.56. The second-order valence-corrected chi connectivity index (χ2v) is 8.99. The second-order valence-electron chi connectivity index (χ2n) is 6.73. The van der Waals surface area contributed by atoms with Gasteiger partial charge in [0.1, 0.15) is 5.82 Å². The van der Waals surface area contributed by atoms with Gasteiger partial charge in [0.2, 0.25) is 0 Å². The molecule has 0 amide bonds. The van der Waals surface area contributed by atoms with Gasteiger partial charge in [-0.2, -0.15) is 0 Å². The number of hydrogen-bond acceptors (Lipinski definition) is 3. The molecule has 25 heavy (non-hydrogen) atoms. The number of aryl methyl sites for hydroxylation is 1. The smallest absolute Gasteiger partial charge is 0.185 e. The number of rotatable bonds is 4. The predicted molar refractivity (Wildman–Crippen MR) is 99.2 cm³/mol. The van der Waals surface area contributed by atoms with E-state index in [2.05, 4.69) is 0 Å². The van der Waals surface area contributed by atoms with E-state index >= 15 is 0 Å². The Morgan fingerprint density at radius 3 is 2.28 bits per heavy atom. The van der Waals surface area contributed by atoms with Gasteiger partial charge in [0.15, 0.2) is 9.84 Å². The van der Waals surface area contributed by atoms with Crippen LogP contribution in [-0.2, 0) is 9.84 Å². The number of benzene rings is 2. The molecule has 1 unspecified atom stereocenters. The molecule has 1 saturated heterocycles. The molecule has 0 bridgehead atoms. The summed E-state index contributed by atoms with van der Waals surface area (Å²) in [4.78, 5) is 2.27. The van der Waals surface area contributed by atoms with Gasteiger partial charge in [0.25, 0.3) is 0 Å². The molecule has 3 rings (SSSR count). The van der Waals surface area contributed by atoms with Crippen LogP contribution in [0.3, 0.4) is 0 Å². The molecular formula is C20H24FNO2S. The third-order valence-electron chi connectivity index (χ3n) is 4.94. The Hall–Kier alpha value is -1.88. The van der Waals surface area contributed by atoms with Crippen LogP contribution in [-0.4, -0.2) is 21.5 Å². The number of sulfone groups is 1. The zero-order chi connectivity index (χ0) is 18.0. The molecule has 134 valence electrons. The van der Waals surface area contributed by atoms with Crippen molar-refractivity contribution in [1.82, 2.24) is 0 Å². The molecular weight excluding hydrogens is 337 g/mol. The summed E-state index contributed by atoms with van der Waals surface area (Å²) >= 11 is 0. The maximum Gasteiger partial charge on any atom is 0.185 e. The van der Waals surface area contributed by atoms with Gasteiger partial charge in [-0.3, -0.25) is 0 Å². The summed E-state index contributed by atoms with van der Waals surface area (Å²) in [5.74, 6) is -0.342. The van der Waals surface area contributed by atoms with Crippen LogP contribution >= 0.6 is 0 Å². The fourth-order valence-corrected chi connectivity index (χ4v) is 4.86. The lowest BCUT2D eigenvalue weighted by Crippen LogP contribution is -2.31. The summed E-state index contributed by atoms with van der Waals surface area (Å²) in [7, 11) is -3.58. The summed E-state index contributed by atoms with van der Waals surface area (Å²) in [6, 6.07) is 11.6. The van der Waals surface area contributed by atoms with Gasteiger partial charge in [-0.25, -0.2) is 12.8 Å². The van der Waals surface area contributed by atoms with Crippen molar-refractivity contribution in [3.63, 3.8) is 0 Å². The fourth-order valence-electron chi connectivity index (χ4n) is 3.41. The highest BCUT2D eigenvalue weighted by Crippen LogP contribution is 2.37. The Morgan fingerprint density at radius 1 is 1.00 bits per heavy atom. The Labute approximate surface area is 149 Å². The van der Waals surface area contributed by atoms with Crippen molar-refractivity contribution in [3.05, 3.63) is 59.4 Å². The lowest BCUT2D eigenvalue weighted by atomic mass is 10.0. The third-order valence-corrected chi connectivity index (χ3v) is 7.06. The lowest BCUT2D eigenvalue weighted by molar-refractivity contribution is 0.552. The molecule has 3 nitrogen and oxygen atoms in total. The van der Waals surface area contributed by atoms with Gasteiger partial charge in [-0.1, -0.05) is 29.8 Å². The molecule has 5 heteroatoms. The zero-order valence-electron chi connectivity index (χ0n) is 14.7. The van der Waals surface area contributed by atoms with Gasteiger partial charge >= 0.3 is 0 Å². The minimum absolute atomic E-state index is 0.277. The van der Waals surface area contributed by atoms with Crippen LogP contribution in [0.5, 0.6) is 0 Å². The van der Waals surface area contributed by atoms with Gasteiger partial charge in [0.05, 0.1) is 15.8 Å². The van der Waals surface area contributed by atoms with Gasteiger partial charge in [-0.05, 0) is 56.9 Å². The first-order valence-electron chi connectivity index (χ1n) is 8.75. The standard InChI is InChI=1S/C20H24FNO2S/c1-15-9-11-17(12-10-15)25(23,24)16(2)18-7-6-8-19(21)20(18)22-13-4-3-5-14-22/h6-12,16H,3-5,13-14H2,1-2H3. The van der Waals surface area contributed by atoms with Crippen molar-refractivity contribution in [2.45, 2.75) is 43.3 Å². The summed E-state index contributed by atoms with van der Waals surface area (Å²) in [6.07, 6.45) is 3.15. The topological polar surface area (TPSA) is 37.4 Å². The SMILES string of the molecule is Cc1ccc(S(=O)(=O)C(C)c2cccc(F)c2N2CCCCC2)cc1. The van der Waals surface area contributed by atoms with Crippen molar-refractivity contribution in [2.24, 2.45) is 0 Å². The number of hydrogen-bond donors (Lipinski definition) is 0. The van der Waals surface area contributed by atoms with Gasteiger partial charge < -0.3 is 4.90 Å². The van der Waals surface area contributed by atoms with Crippen LogP contribution in [0.4, 0.5) is 10.1 Å². The van der Waals surface area contributed by atoms with Crippen LogP contribution in [0.1, 0.15) is 42.6 Å². The normalized spacial score (nSPS) is 16.7. The molecule has 0 spiro atoms. The summed E-state index contributed by atoms with van der Waals surface area (Å²) < 4.78 is 40.7. The van der Waals surface area contributed by atoms with E-state index in [1.807, 2.05) is 11.8 Å². The number of nitrogens with zero attached hydrogens (tertiary/aromatic N) is 1. The van der Waals surface area contributed by atoms with E-state index in [1.165, 1.54) is 6.07 Å². The van der Waals surface area contributed by atoms with Crippen molar-refractivity contribution >= 4 is 15.5 Å². The molecule has 2 aromatic carbocycles. The maximum atomic E-state index is 14.6. The summed E-state index contributed by atoms with van der Waals surface area (Å²) in [5.41, 5.74) is 2.00. The minimum atomic E-state index is -3.58. The van der Waals surface area contributed by atoms with E-state index in [0.717, 1.165) is 37.9 Å². The van der Waals surface area contributed by atoms with Crippen LogP contribution in [0.15, 0.2) is 47.4 Å². The predicted octanol–water partition coefficient (Wildman–Crippen LogP) is 4.66. The highest BCUT2D eigenvalue weighted by molar-refractivity contribution is 7.91. The number of anilines is 1. The van der Waals surface area contributed by atoms with Crippen LogP contribution in [0.25, 0.3) is 0 Å². The molecule has 0 saturated carbocycles. The fraction of sp³-hybridized carbons (Fsp3) is 0.400. The Balaban J connectivity index is 2.03. The van der Waals surface area contributed by atoms with Crippen LogP contribution < -0.4 is 4.90 Å². The molecule has 0 aliphatic carbocycles. The molecule has 1 aliphatic heterocycles. The summed E-state index contributed by atoms with van der Waals surface area (Å²) in [5, 5.41) is -0.803. The average molecular weight is 361 g/mol. The highest BCUT2D eigenvalue weighted by Gasteiger charge is 2.30. The monoisotopic (exact) mass is 361 g/mol. The molecule has 1 fully saturated rings. The minimum Gasteiger partial charge on any atom is -0.369 e. The average Bonchev–Trinajstić information content (AvgIpc) is 2.62. The second kappa shape index (κ2) is 7.16. The Bertz CT molecular complexity index is 840. The molecule has 1 atom stereocenters. The molecule has 0 N–H and O–H groups in total. The number of piperidine rings is 1. The molecule has 1 heterocycles. The lowest BCUT2D eigenvalue weighted by Gasteiger charge is -2.32. The Morgan fingerprint density at radius 2 is 1.64 bits per heavy atom. The first-order valence-corrected chi connectivity index (χ1v) is 10.3. The highest BCUT2D eigenvalue weighted by atomic mass is 32.2. The van der Waals surface area contributed by atoms with Gasteiger partial charge in [-0.15, -0.1) is 0 Å². The molecule has 1 aliphatic rings. The largest absolute Gasteiger partial charge is 0.369 e. The van der Waals surface area contributed by atoms with Crippen molar-refractivity contribution < 1.29 is 12.8 Å². The number of para-hydroxylation sites is 1. The van der Waals surface area contributed by atoms with E-state index in [-0.39, 0.29) is 10.7 Å². The van der Waals surface area contributed by atoms with Crippen molar-refractivity contribution in [2.75, 3.05) is 18.0 Å². The Kier molecular flexibility index (Phi) is 5.13. The molecule has 0 radical (unpaired) electrons. The van der Waals surface area contributed by atoms with E-state index in [1.54, 1.807) is 43.3 Å². The summed E-state index contributed by atoms with van der Waals surface area (Å²) in [6.45, 7) is 5.11. The van der Waals surface area contributed by atoms with E-state index in [9.17, 15) is 12.8 Å². The first-order chi connectivity index (χ1) is 11.9. The van der Waals surface area contributed by atoms with Crippen molar-refractivity contribution in [3.8, 4) is 0 Å². The van der Waals surface area contributed by atoms with Crippen LogP contribution in [0, 0.1) is 12.7 Å². The van der Waals surface area contributed by atoms with E-state index in [0.29, 0.717) is 11.3 Å². The van der Waals surface area contributed by atoms with Gasteiger partial charge in [0, 0.05) is 13.1 Å². The first kappa shape index (κ1) is 17.9. The maximum absolute atomic E-state index is 14.6. The molecule has 2 aromatic rings. The van der Waals surface area contributed by atoms with E-state index < -0.39 is 15.1 Å². The molecule has 0 aromatic heterocycles. The number of halogens is 1. The zero-order valence-corrected chi connectivity index (χ0v) is 15.5. The van der Waals surface area contributed by atoms with Crippen LogP contribution in [0.2, 0.25) is 0 Å². The van der Waals surface area contributed by atoms with E-state index in [4.69, 9.17) is 0 Å². The van der Waals surface area contributed by atoms with Crippen molar-refractivity contribution in [1.29, 1.82) is 0 Å².